The first kappa shape index (κ1) is 20.1. The van der Waals surface area contributed by atoms with Crippen molar-refractivity contribution in [2.75, 3.05) is 33.2 Å². The number of piperazine rings is 1. The topological polar surface area (TPSA) is 49.9 Å². The predicted octanol–water partition coefficient (Wildman–Crippen LogP) is 3.42. The first-order chi connectivity index (χ1) is 13.5. The van der Waals surface area contributed by atoms with Gasteiger partial charge in [0.25, 0.3) is 5.91 Å². The van der Waals surface area contributed by atoms with E-state index in [9.17, 15) is 9.59 Å². The Bertz CT molecular complexity index is 837. The number of ether oxygens (including phenoxy) is 1. The second-order valence-corrected chi connectivity index (χ2v) is 7.27. The van der Waals surface area contributed by atoms with Gasteiger partial charge in [0.1, 0.15) is 12.4 Å². The molecule has 0 spiro atoms. The molecule has 0 unspecified atom stereocenters. The van der Waals surface area contributed by atoms with E-state index in [-0.39, 0.29) is 11.7 Å². The summed E-state index contributed by atoms with van der Waals surface area (Å²) in [5.74, 6) is 0.879. The molecular formula is C23H28N2O3. The molecule has 0 saturated carbocycles. The largest absolute Gasteiger partial charge is 0.489 e. The van der Waals surface area contributed by atoms with E-state index in [4.69, 9.17) is 4.74 Å². The molecule has 1 amide bonds. The van der Waals surface area contributed by atoms with E-state index in [1.807, 2.05) is 54.3 Å². The van der Waals surface area contributed by atoms with Crippen molar-refractivity contribution in [2.45, 2.75) is 26.9 Å². The molecule has 3 rings (SSSR count). The quantitative estimate of drug-likeness (QED) is 0.721. The number of rotatable bonds is 6. The fourth-order valence-corrected chi connectivity index (χ4v) is 3.49. The Morgan fingerprint density at radius 1 is 1.00 bits per heavy atom. The SMILES string of the molecule is CCc1c(OCc2ccc(C(=O)N3CCN(C)CC3)cc2)cccc1C(C)=O. The summed E-state index contributed by atoms with van der Waals surface area (Å²) in [7, 11) is 2.08. The lowest BCUT2D eigenvalue weighted by atomic mass is 10.0. The van der Waals surface area contributed by atoms with Crippen molar-refractivity contribution in [2.24, 2.45) is 0 Å². The highest BCUT2D eigenvalue weighted by atomic mass is 16.5. The van der Waals surface area contributed by atoms with E-state index < -0.39 is 0 Å². The predicted molar refractivity (Wildman–Crippen MR) is 110 cm³/mol. The highest BCUT2D eigenvalue weighted by molar-refractivity contribution is 5.96. The monoisotopic (exact) mass is 380 g/mol. The van der Waals surface area contributed by atoms with E-state index in [0.29, 0.717) is 17.7 Å². The van der Waals surface area contributed by atoms with Gasteiger partial charge in [0.2, 0.25) is 0 Å². The fourth-order valence-electron chi connectivity index (χ4n) is 3.49. The van der Waals surface area contributed by atoms with Gasteiger partial charge in [-0.2, -0.15) is 0 Å². The number of hydrogen-bond donors (Lipinski definition) is 0. The molecule has 1 saturated heterocycles. The molecule has 2 aromatic rings. The Hall–Kier alpha value is -2.66. The Morgan fingerprint density at radius 3 is 2.29 bits per heavy atom. The number of Topliss-reactive ketones (excluding diaryl/α,β-unsaturated/α-hetero) is 1. The zero-order chi connectivity index (χ0) is 20.1. The van der Waals surface area contributed by atoms with Crippen LogP contribution in [0.2, 0.25) is 0 Å². The van der Waals surface area contributed by atoms with Crippen LogP contribution in [-0.4, -0.2) is 54.7 Å². The minimum Gasteiger partial charge on any atom is -0.489 e. The van der Waals surface area contributed by atoms with Crippen molar-refractivity contribution >= 4 is 11.7 Å². The molecular weight excluding hydrogens is 352 g/mol. The number of carbonyl (C=O) groups excluding carboxylic acids is 2. The molecule has 0 bridgehead atoms. The van der Waals surface area contributed by atoms with E-state index >= 15 is 0 Å². The van der Waals surface area contributed by atoms with Crippen LogP contribution in [0.4, 0.5) is 0 Å². The number of nitrogens with zero attached hydrogens (tertiary/aromatic N) is 2. The summed E-state index contributed by atoms with van der Waals surface area (Å²) in [4.78, 5) is 28.6. The Kier molecular flexibility index (Phi) is 6.47. The molecule has 5 nitrogen and oxygen atoms in total. The van der Waals surface area contributed by atoms with E-state index in [1.165, 1.54) is 0 Å². The van der Waals surface area contributed by atoms with Gasteiger partial charge in [0.15, 0.2) is 5.78 Å². The summed E-state index contributed by atoms with van der Waals surface area (Å²) in [6.45, 7) is 7.37. The van der Waals surface area contributed by atoms with E-state index in [0.717, 1.165) is 49.5 Å². The number of carbonyl (C=O) groups is 2. The summed E-state index contributed by atoms with van der Waals surface area (Å²) in [6.07, 6.45) is 0.740. The normalized spacial score (nSPS) is 14.8. The van der Waals surface area contributed by atoms with Crippen LogP contribution in [0, 0.1) is 0 Å². The number of hydrogen-bond acceptors (Lipinski definition) is 4. The minimum absolute atomic E-state index is 0.0501. The second-order valence-electron chi connectivity index (χ2n) is 7.27. The summed E-state index contributed by atoms with van der Waals surface area (Å²) < 4.78 is 5.98. The molecule has 5 heteroatoms. The highest BCUT2D eigenvalue weighted by Crippen LogP contribution is 2.24. The maximum atomic E-state index is 12.6. The molecule has 1 fully saturated rings. The first-order valence-electron chi connectivity index (χ1n) is 9.82. The van der Waals surface area contributed by atoms with Gasteiger partial charge in [-0.25, -0.2) is 0 Å². The van der Waals surface area contributed by atoms with Crippen molar-refractivity contribution in [3.05, 3.63) is 64.7 Å². The van der Waals surface area contributed by atoms with Gasteiger partial charge in [-0.15, -0.1) is 0 Å². The van der Waals surface area contributed by atoms with Crippen LogP contribution in [0.1, 0.15) is 45.7 Å². The van der Waals surface area contributed by atoms with Gasteiger partial charge in [0.05, 0.1) is 0 Å². The van der Waals surface area contributed by atoms with Crippen LogP contribution in [0.3, 0.4) is 0 Å². The molecule has 1 aliphatic rings. The summed E-state index contributed by atoms with van der Waals surface area (Å²) in [5, 5.41) is 0. The van der Waals surface area contributed by atoms with Gasteiger partial charge in [-0.3, -0.25) is 9.59 Å². The average molecular weight is 380 g/mol. The van der Waals surface area contributed by atoms with Crippen LogP contribution in [0.5, 0.6) is 5.75 Å². The molecule has 0 aromatic heterocycles. The van der Waals surface area contributed by atoms with Gasteiger partial charge >= 0.3 is 0 Å². The standard InChI is InChI=1S/C23H28N2O3/c1-4-20-21(17(2)26)6-5-7-22(20)28-16-18-8-10-19(11-9-18)23(27)25-14-12-24(3)13-15-25/h5-11H,4,12-16H2,1-3H3. The summed E-state index contributed by atoms with van der Waals surface area (Å²) in [6, 6.07) is 13.2. The molecule has 1 heterocycles. The van der Waals surface area contributed by atoms with Crippen LogP contribution in [0.15, 0.2) is 42.5 Å². The summed E-state index contributed by atoms with van der Waals surface area (Å²) >= 11 is 0. The second kappa shape index (κ2) is 9.02. The lowest BCUT2D eigenvalue weighted by molar-refractivity contribution is 0.0664. The molecule has 1 aliphatic heterocycles. The molecule has 2 aromatic carbocycles. The van der Waals surface area contributed by atoms with Crippen molar-refractivity contribution in [3.63, 3.8) is 0 Å². The molecule has 0 N–H and O–H groups in total. The first-order valence-corrected chi connectivity index (χ1v) is 9.82. The number of benzene rings is 2. The minimum atomic E-state index is 0.0501. The maximum Gasteiger partial charge on any atom is 0.253 e. The molecule has 0 radical (unpaired) electrons. The number of ketones is 1. The van der Waals surface area contributed by atoms with Gasteiger partial charge in [0, 0.05) is 42.9 Å². The smallest absolute Gasteiger partial charge is 0.253 e. The van der Waals surface area contributed by atoms with Gasteiger partial charge in [-0.05, 0) is 44.2 Å². The average Bonchev–Trinajstić information content (AvgIpc) is 2.72. The van der Waals surface area contributed by atoms with Crippen LogP contribution < -0.4 is 4.74 Å². The number of amides is 1. The zero-order valence-electron chi connectivity index (χ0n) is 16.9. The van der Waals surface area contributed by atoms with E-state index in [1.54, 1.807) is 6.92 Å². The van der Waals surface area contributed by atoms with Crippen LogP contribution in [0.25, 0.3) is 0 Å². The number of likely N-dealkylation sites (N-methyl/N-ethyl adjacent to an activating group) is 1. The lowest BCUT2D eigenvalue weighted by Gasteiger charge is -2.32. The Morgan fingerprint density at radius 2 is 1.68 bits per heavy atom. The van der Waals surface area contributed by atoms with Crippen LogP contribution in [-0.2, 0) is 13.0 Å². The van der Waals surface area contributed by atoms with Crippen molar-refractivity contribution in [1.29, 1.82) is 0 Å². The molecule has 28 heavy (non-hydrogen) atoms. The third-order valence-corrected chi connectivity index (χ3v) is 5.25. The van der Waals surface area contributed by atoms with Gasteiger partial charge in [-0.1, -0.05) is 31.2 Å². The van der Waals surface area contributed by atoms with Crippen molar-refractivity contribution < 1.29 is 14.3 Å². The zero-order valence-corrected chi connectivity index (χ0v) is 16.9. The van der Waals surface area contributed by atoms with Crippen molar-refractivity contribution in [3.8, 4) is 5.75 Å². The third kappa shape index (κ3) is 4.60. The molecule has 0 atom stereocenters. The van der Waals surface area contributed by atoms with Crippen molar-refractivity contribution in [1.82, 2.24) is 9.80 Å². The lowest BCUT2D eigenvalue weighted by Crippen LogP contribution is -2.47. The van der Waals surface area contributed by atoms with E-state index in [2.05, 4.69) is 11.9 Å². The molecule has 0 aliphatic carbocycles. The Labute approximate surface area is 166 Å². The third-order valence-electron chi connectivity index (χ3n) is 5.25. The maximum absolute atomic E-state index is 12.6. The highest BCUT2D eigenvalue weighted by Gasteiger charge is 2.20. The molecule has 148 valence electrons. The fraction of sp³-hybridized carbons (Fsp3) is 0.391. The van der Waals surface area contributed by atoms with Crippen LogP contribution >= 0.6 is 0 Å². The summed E-state index contributed by atoms with van der Waals surface area (Å²) in [5.41, 5.74) is 3.36. The van der Waals surface area contributed by atoms with Gasteiger partial charge < -0.3 is 14.5 Å². The Balaban J connectivity index is 1.64.